The maximum atomic E-state index is 12.2. The Morgan fingerprint density at radius 3 is 2.25 bits per heavy atom. The number of piperidine rings is 1. The fourth-order valence-electron chi connectivity index (χ4n) is 2.84. The molecule has 0 aromatic heterocycles. The van der Waals surface area contributed by atoms with Crippen molar-refractivity contribution in [1.29, 1.82) is 0 Å². The van der Waals surface area contributed by atoms with E-state index in [-0.39, 0.29) is 12.5 Å². The second kappa shape index (κ2) is 5.24. The summed E-state index contributed by atoms with van der Waals surface area (Å²) in [6.45, 7) is 9.83. The summed E-state index contributed by atoms with van der Waals surface area (Å²) in [6.07, 6.45) is 0.850. The Labute approximate surface area is 120 Å². The van der Waals surface area contributed by atoms with Crippen molar-refractivity contribution in [2.75, 3.05) is 6.54 Å². The molecule has 0 radical (unpaired) electrons. The summed E-state index contributed by atoms with van der Waals surface area (Å²) in [6, 6.07) is 0. The maximum Gasteiger partial charge on any atom is 0.410 e. The number of carbonyl (C=O) groups is 2. The van der Waals surface area contributed by atoms with Crippen LogP contribution < -0.4 is 11.5 Å². The van der Waals surface area contributed by atoms with Gasteiger partial charge in [-0.1, -0.05) is 0 Å². The molecule has 1 aliphatic rings. The second-order valence-corrected chi connectivity index (χ2v) is 7.38. The van der Waals surface area contributed by atoms with Gasteiger partial charge in [0.15, 0.2) is 0 Å². The first-order valence-electron chi connectivity index (χ1n) is 6.93. The number of nitrogens with zero attached hydrogens (tertiary/aromatic N) is 1. The zero-order valence-electron chi connectivity index (χ0n) is 13.2. The van der Waals surface area contributed by atoms with Crippen LogP contribution in [0.3, 0.4) is 0 Å². The van der Waals surface area contributed by atoms with Gasteiger partial charge in [0, 0.05) is 24.0 Å². The Morgan fingerprint density at radius 2 is 1.85 bits per heavy atom. The molecule has 0 saturated carbocycles. The summed E-state index contributed by atoms with van der Waals surface area (Å²) < 4.78 is 5.42. The summed E-state index contributed by atoms with van der Waals surface area (Å²) in [5.74, 6) is -0.408. The van der Waals surface area contributed by atoms with Gasteiger partial charge in [-0.3, -0.25) is 4.79 Å². The Balaban J connectivity index is 2.80. The van der Waals surface area contributed by atoms with E-state index in [0.29, 0.717) is 19.4 Å². The van der Waals surface area contributed by atoms with E-state index in [1.54, 1.807) is 4.90 Å². The first-order chi connectivity index (χ1) is 8.85. The topological polar surface area (TPSA) is 98.7 Å². The van der Waals surface area contributed by atoms with E-state index in [4.69, 9.17) is 16.2 Å². The minimum atomic E-state index is -0.645. The van der Waals surface area contributed by atoms with E-state index < -0.39 is 22.6 Å². The average molecular weight is 285 g/mol. The smallest absolute Gasteiger partial charge is 0.410 e. The number of ether oxygens (including phenoxy) is 1. The molecule has 0 bridgehead atoms. The van der Waals surface area contributed by atoms with Gasteiger partial charge in [0.1, 0.15) is 5.60 Å². The molecule has 6 heteroatoms. The van der Waals surface area contributed by atoms with Crippen LogP contribution in [0.15, 0.2) is 0 Å². The molecule has 0 aliphatic carbocycles. The van der Waals surface area contributed by atoms with Crippen molar-refractivity contribution in [2.45, 2.75) is 70.6 Å². The highest BCUT2D eigenvalue weighted by Crippen LogP contribution is 2.35. The third-order valence-corrected chi connectivity index (χ3v) is 3.49. The van der Waals surface area contributed by atoms with Crippen LogP contribution in [-0.2, 0) is 9.53 Å². The Bertz CT molecular complexity index is 401. The van der Waals surface area contributed by atoms with Crippen molar-refractivity contribution in [3.8, 4) is 0 Å². The standard InChI is InChI=1S/C14H27N3O3/c1-12(2,3)20-11(19)17-7-6-14(16,8-10(15)18)9-13(17,4)5/h6-9,16H2,1-5H3,(H2,15,18). The molecule has 20 heavy (non-hydrogen) atoms. The van der Waals surface area contributed by atoms with Gasteiger partial charge in [-0.2, -0.15) is 0 Å². The molecule has 1 unspecified atom stereocenters. The third kappa shape index (κ3) is 4.37. The first-order valence-corrected chi connectivity index (χ1v) is 6.93. The number of amides is 2. The van der Waals surface area contributed by atoms with Crippen LogP contribution in [0.25, 0.3) is 0 Å². The highest BCUT2D eigenvalue weighted by atomic mass is 16.6. The van der Waals surface area contributed by atoms with Gasteiger partial charge in [-0.15, -0.1) is 0 Å². The molecular weight excluding hydrogens is 258 g/mol. The van der Waals surface area contributed by atoms with Gasteiger partial charge in [0.25, 0.3) is 0 Å². The lowest BCUT2D eigenvalue weighted by atomic mass is 9.75. The van der Waals surface area contributed by atoms with Crippen LogP contribution in [0.2, 0.25) is 0 Å². The van der Waals surface area contributed by atoms with E-state index in [0.717, 1.165) is 0 Å². The second-order valence-electron chi connectivity index (χ2n) is 7.38. The molecule has 0 aromatic carbocycles. The summed E-state index contributed by atoms with van der Waals surface area (Å²) in [5, 5.41) is 0. The minimum Gasteiger partial charge on any atom is -0.444 e. The van der Waals surface area contributed by atoms with Crippen molar-refractivity contribution < 1.29 is 14.3 Å². The molecule has 6 nitrogen and oxygen atoms in total. The number of carbonyl (C=O) groups excluding carboxylic acids is 2. The van der Waals surface area contributed by atoms with E-state index >= 15 is 0 Å². The molecule has 1 rings (SSSR count). The van der Waals surface area contributed by atoms with E-state index in [2.05, 4.69) is 0 Å². The number of hydrogen-bond donors (Lipinski definition) is 2. The molecule has 4 N–H and O–H groups in total. The summed E-state index contributed by atoms with van der Waals surface area (Å²) in [4.78, 5) is 25.0. The number of rotatable bonds is 2. The Kier molecular flexibility index (Phi) is 4.39. The maximum absolute atomic E-state index is 12.2. The van der Waals surface area contributed by atoms with Crippen molar-refractivity contribution in [3.05, 3.63) is 0 Å². The highest BCUT2D eigenvalue weighted by Gasteiger charge is 2.45. The van der Waals surface area contributed by atoms with Crippen molar-refractivity contribution >= 4 is 12.0 Å². The molecule has 2 amide bonds. The van der Waals surface area contributed by atoms with Gasteiger partial charge < -0.3 is 21.1 Å². The van der Waals surface area contributed by atoms with Crippen LogP contribution in [0.4, 0.5) is 4.79 Å². The lowest BCUT2D eigenvalue weighted by molar-refractivity contribution is -0.120. The fraction of sp³-hybridized carbons (Fsp3) is 0.857. The van der Waals surface area contributed by atoms with Crippen LogP contribution in [0.1, 0.15) is 53.9 Å². The Hall–Kier alpha value is -1.30. The molecule has 1 atom stereocenters. The number of nitrogens with two attached hydrogens (primary N) is 2. The normalized spacial score (nSPS) is 26.2. The zero-order valence-corrected chi connectivity index (χ0v) is 13.2. The molecule has 116 valence electrons. The monoisotopic (exact) mass is 285 g/mol. The number of primary amides is 1. The SMILES string of the molecule is CC(C)(C)OC(=O)N1CCC(N)(CC(N)=O)CC1(C)C. The molecule has 0 spiro atoms. The van der Waals surface area contributed by atoms with Gasteiger partial charge >= 0.3 is 6.09 Å². The summed E-state index contributed by atoms with van der Waals surface area (Å²) in [5.41, 5.74) is 9.85. The highest BCUT2D eigenvalue weighted by molar-refractivity contribution is 5.75. The first kappa shape index (κ1) is 16.8. The van der Waals surface area contributed by atoms with E-state index in [1.165, 1.54) is 0 Å². The van der Waals surface area contributed by atoms with E-state index in [9.17, 15) is 9.59 Å². The molecular formula is C14H27N3O3. The van der Waals surface area contributed by atoms with Crippen molar-refractivity contribution in [2.24, 2.45) is 11.5 Å². The number of hydrogen-bond acceptors (Lipinski definition) is 4. The van der Waals surface area contributed by atoms with Gasteiger partial charge in [0.2, 0.25) is 5.91 Å². The summed E-state index contributed by atoms with van der Waals surface area (Å²) in [7, 11) is 0. The molecule has 1 heterocycles. The zero-order chi connectivity index (χ0) is 15.8. The fourth-order valence-corrected chi connectivity index (χ4v) is 2.84. The quantitative estimate of drug-likeness (QED) is 0.800. The average Bonchev–Trinajstić information content (AvgIpc) is 2.09. The van der Waals surface area contributed by atoms with Crippen molar-refractivity contribution in [1.82, 2.24) is 4.90 Å². The van der Waals surface area contributed by atoms with Crippen LogP contribution in [0.5, 0.6) is 0 Å². The van der Waals surface area contributed by atoms with Gasteiger partial charge in [0.05, 0.1) is 0 Å². The third-order valence-electron chi connectivity index (χ3n) is 3.49. The molecule has 1 fully saturated rings. The molecule has 1 saturated heterocycles. The van der Waals surface area contributed by atoms with Gasteiger partial charge in [-0.25, -0.2) is 4.79 Å². The minimum absolute atomic E-state index is 0.137. The van der Waals surface area contributed by atoms with Crippen LogP contribution >= 0.6 is 0 Å². The lowest BCUT2D eigenvalue weighted by Gasteiger charge is -2.49. The molecule has 1 aliphatic heterocycles. The lowest BCUT2D eigenvalue weighted by Crippen LogP contribution is -2.62. The predicted octanol–water partition coefficient (Wildman–Crippen LogP) is 1.37. The summed E-state index contributed by atoms with van der Waals surface area (Å²) >= 11 is 0. The largest absolute Gasteiger partial charge is 0.444 e. The number of likely N-dealkylation sites (tertiary alicyclic amines) is 1. The van der Waals surface area contributed by atoms with Crippen molar-refractivity contribution in [3.63, 3.8) is 0 Å². The Morgan fingerprint density at radius 1 is 1.30 bits per heavy atom. The van der Waals surface area contributed by atoms with Gasteiger partial charge in [-0.05, 0) is 47.5 Å². The predicted molar refractivity (Wildman–Crippen MR) is 77.0 cm³/mol. The van der Waals surface area contributed by atoms with E-state index in [1.807, 2.05) is 34.6 Å². The molecule has 0 aromatic rings. The van der Waals surface area contributed by atoms with Crippen LogP contribution in [0, 0.1) is 0 Å². The van der Waals surface area contributed by atoms with Crippen LogP contribution in [-0.4, -0.2) is 40.1 Å².